The first-order valence-electron chi connectivity index (χ1n) is 10.5. The quantitative estimate of drug-likeness (QED) is 0.620. The molecule has 1 fully saturated rings. The highest BCUT2D eigenvalue weighted by atomic mass is 32.2. The maximum atomic E-state index is 12.8. The molecule has 0 aliphatic heterocycles. The van der Waals surface area contributed by atoms with E-state index in [1.807, 2.05) is 37.3 Å². The van der Waals surface area contributed by atoms with Gasteiger partial charge in [-0.3, -0.25) is 4.79 Å². The average molecular weight is 431 g/mol. The summed E-state index contributed by atoms with van der Waals surface area (Å²) in [6, 6.07) is 11.1. The third-order valence-corrected chi connectivity index (χ3v) is 8.04. The lowest BCUT2D eigenvalue weighted by molar-refractivity contribution is -0.123. The van der Waals surface area contributed by atoms with Gasteiger partial charge in [0.2, 0.25) is 5.88 Å². The van der Waals surface area contributed by atoms with Crippen LogP contribution in [-0.4, -0.2) is 35.2 Å². The number of carbonyl (C=O) groups is 1. The molecule has 0 N–H and O–H groups in total. The van der Waals surface area contributed by atoms with E-state index in [0.717, 1.165) is 31.4 Å². The van der Waals surface area contributed by atoms with Crippen LogP contribution in [-0.2, 0) is 21.1 Å². The Balaban J connectivity index is 1.57. The Bertz CT molecular complexity index is 966. The van der Waals surface area contributed by atoms with Crippen LogP contribution in [0.1, 0.15) is 51.0 Å². The summed E-state index contributed by atoms with van der Waals surface area (Å²) in [6.45, 7) is 5.30. The van der Waals surface area contributed by atoms with Gasteiger partial charge in [0.25, 0.3) is 0 Å². The first-order valence-corrected chi connectivity index (χ1v) is 12.3. The Morgan fingerprint density at radius 2 is 1.77 bits per heavy atom. The summed E-state index contributed by atoms with van der Waals surface area (Å²) in [5.74, 6) is 2.04. The zero-order chi connectivity index (χ0) is 21.7. The number of sulfone groups is 1. The van der Waals surface area contributed by atoms with Gasteiger partial charge in [-0.1, -0.05) is 18.2 Å². The van der Waals surface area contributed by atoms with Gasteiger partial charge >= 0.3 is 0 Å². The Morgan fingerprint density at radius 3 is 2.40 bits per heavy atom. The largest absolute Gasteiger partial charge is 0.439 e. The summed E-state index contributed by atoms with van der Waals surface area (Å²) in [6.07, 6.45) is 3.19. The summed E-state index contributed by atoms with van der Waals surface area (Å²) < 4.78 is 30.1. The first-order chi connectivity index (χ1) is 14.2. The van der Waals surface area contributed by atoms with E-state index in [2.05, 4.69) is 9.97 Å². The van der Waals surface area contributed by atoms with Crippen LogP contribution < -0.4 is 4.74 Å². The van der Waals surface area contributed by atoms with E-state index < -0.39 is 9.84 Å². The summed E-state index contributed by atoms with van der Waals surface area (Å²) in [5, 5.41) is -0.345. The fourth-order valence-corrected chi connectivity index (χ4v) is 5.19. The van der Waals surface area contributed by atoms with E-state index in [9.17, 15) is 13.2 Å². The van der Waals surface area contributed by atoms with E-state index in [0.29, 0.717) is 17.5 Å². The number of aromatic nitrogens is 2. The van der Waals surface area contributed by atoms with Gasteiger partial charge in [-0.15, -0.1) is 0 Å². The Morgan fingerprint density at radius 1 is 1.10 bits per heavy atom. The number of carbonyl (C=O) groups excluding carboxylic acids is 1. The van der Waals surface area contributed by atoms with Crippen molar-refractivity contribution in [2.24, 2.45) is 11.8 Å². The molecule has 6 nitrogen and oxygen atoms in total. The second-order valence-electron chi connectivity index (χ2n) is 8.42. The topological polar surface area (TPSA) is 86.2 Å². The van der Waals surface area contributed by atoms with E-state index in [-0.39, 0.29) is 35.0 Å². The number of benzene rings is 1. The molecule has 0 unspecified atom stereocenters. The van der Waals surface area contributed by atoms with E-state index >= 15 is 0 Å². The highest BCUT2D eigenvalue weighted by molar-refractivity contribution is 7.91. The van der Waals surface area contributed by atoms with Crippen LogP contribution in [0, 0.1) is 18.8 Å². The monoisotopic (exact) mass is 430 g/mol. The molecule has 1 aromatic carbocycles. The minimum absolute atomic E-state index is 0.0504. The van der Waals surface area contributed by atoms with Crippen molar-refractivity contribution in [3.05, 3.63) is 47.9 Å². The van der Waals surface area contributed by atoms with Crippen molar-refractivity contribution >= 4 is 15.6 Å². The molecule has 1 aliphatic rings. The number of ether oxygens (including phenoxy) is 1. The number of hydrogen-bond donors (Lipinski definition) is 0. The highest BCUT2D eigenvalue weighted by Crippen LogP contribution is 2.31. The lowest BCUT2D eigenvalue weighted by Crippen LogP contribution is -2.29. The molecule has 0 saturated heterocycles. The summed E-state index contributed by atoms with van der Waals surface area (Å²) in [5.41, 5.74) is 0.751. The Labute approximate surface area is 179 Å². The molecule has 2 aromatic rings. The second-order valence-corrected chi connectivity index (χ2v) is 11.0. The van der Waals surface area contributed by atoms with Gasteiger partial charge in [0, 0.05) is 17.7 Å². The van der Waals surface area contributed by atoms with E-state index in [1.165, 1.54) is 0 Å². The standard InChI is InChI=1S/C23H30N2O4S/c1-16(2)30(27,28)15-18-9-11-19(12-10-18)21(26)14-22-24-17(3)13-23(25-22)29-20-7-5-4-6-8-20/h4-8,13,16,18-19H,9-12,14-15H2,1-3H3. The maximum absolute atomic E-state index is 12.8. The minimum atomic E-state index is -3.04. The van der Waals surface area contributed by atoms with Crippen LogP contribution >= 0.6 is 0 Å². The van der Waals surface area contributed by atoms with Gasteiger partial charge in [-0.25, -0.2) is 13.4 Å². The third-order valence-electron chi connectivity index (χ3n) is 5.66. The summed E-state index contributed by atoms with van der Waals surface area (Å²) >= 11 is 0. The molecule has 3 rings (SSSR count). The SMILES string of the molecule is Cc1cc(Oc2ccccc2)nc(CC(=O)C2CCC(CS(=O)(=O)C(C)C)CC2)n1. The smallest absolute Gasteiger partial charge is 0.222 e. The molecule has 1 aliphatic carbocycles. The lowest BCUT2D eigenvalue weighted by Gasteiger charge is -2.28. The highest BCUT2D eigenvalue weighted by Gasteiger charge is 2.30. The van der Waals surface area contributed by atoms with Crippen LogP contribution in [0.3, 0.4) is 0 Å². The normalized spacial score (nSPS) is 19.6. The molecular weight excluding hydrogens is 400 g/mol. The van der Waals surface area contributed by atoms with Gasteiger partial charge in [0.1, 0.15) is 17.4 Å². The molecule has 0 atom stereocenters. The number of hydrogen-bond acceptors (Lipinski definition) is 6. The van der Waals surface area contributed by atoms with Gasteiger partial charge in [0.05, 0.1) is 17.4 Å². The molecule has 30 heavy (non-hydrogen) atoms. The van der Waals surface area contributed by atoms with E-state index in [1.54, 1.807) is 19.9 Å². The zero-order valence-electron chi connectivity index (χ0n) is 17.9. The van der Waals surface area contributed by atoms with Crippen molar-refractivity contribution in [2.75, 3.05) is 5.75 Å². The molecule has 1 saturated carbocycles. The third kappa shape index (κ3) is 6.11. The van der Waals surface area contributed by atoms with Crippen molar-refractivity contribution in [2.45, 2.75) is 58.1 Å². The molecule has 0 radical (unpaired) electrons. The first kappa shape index (κ1) is 22.4. The van der Waals surface area contributed by atoms with Gasteiger partial charge in [0.15, 0.2) is 9.84 Å². The molecule has 0 spiro atoms. The van der Waals surface area contributed by atoms with Gasteiger partial charge < -0.3 is 4.74 Å². The molecular formula is C23H30N2O4S. The van der Waals surface area contributed by atoms with Crippen molar-refractivity contribution in [1.82, 2.24) is 9.97 Å². The number of nitrogens with zero attached hydrogens (tertiary/aromatic N) is 2. The van der Waals surface area contributed by atoms with Crippen molar-refractivity contribution < 1.29 is 17.9 Å². The van der Waals surface area contributed by atoms with Crippen LogP contribution in [0.5, 0.6) is 11.6 Å². The molecule has 0 bridgehead atoms. The fourth-order valence-electron chi connectivity index (χ4n) is 3.81. The van der Waals surface area contributed by atoms with Crippen LogP contribution in [0.15, 0.2) is 36.4 Å². The molecule has 1 aromatic heterocycles. The maximum Gasteiger partial charge on any atom is 0.222 e. The number of para-hydroxylation sites is 1. The molecule has 7 heteroatoms. The zero-order valence-corrected chi connectivity index (χ0v) is 18.7. The molecule has 0 amide bonds. The van der Waals surface area contributed by atoms with Crippen molar-refractivity contribution in [1.29, 1.82) is 0 Å². The Hall–Kier alpha value is -2.28. The van der Waals surface area contributed by atoms with Crippen LogP contribution in [0.4, 0.5) is 0 Å². The van der Waals surface area contributed by atoms with Gasteiger partial charge in [-0.2, -0.15) is 4.98 Å². The fraction of sp³-hybridized carbons (Fsp3) is 0.522. The number of rotatable bonds is 8. The minimum Gasteiger partial charge on any atom is -0.439 e. The van der Waals surface area contributed by atoms with Crippen LogP contribution in [0.2, 0.25) is 0 Å². The second kappa shape index (κ2) is 9.69. The number of aryl methyl sites for hydroxylation is 1. The number of ketones is 1. The summed E-state index contributed by atoms with van der Waals surface area (Å²) in [7, 11) is -3.04. The predicted molar refractivity (Wildman–Crippen MR) is 116 cm³/mol. The molecule has 1 heterocycles. The Kier molecular flexibility index (Phi) is 7.23. The van der Waals surface area contributed by atoms with Crippen molar-refractivity contribution in [3.8, 4) is 11.6 Å². The summed E-state index contributed by atoms with van der Waals surface area (Å²) in [4.78, 5) is 21.6. The molecule has 162 valence electrons. The van der Waals surface area contributed by atoms with Gasteiger partial charge in [-0.05, 0) is 64.5 Å². The van der Waals surface area contributed by atoms with Crippen LogP contribution in [0.25, 0.3) is 0 Å². The lowest BCUT2D eigenvalue weighted by atomic mass is 9.80. The average Bonchev–Trinajstić information content (AvgIpc) is 2.68. The van der Waals surface area contributed by atoms with E-state index in [4.69, 9.17) is 4.74 Å². The number of Topliss-reactive ketones (excluding diaryl/α,β-unsaturated/α-hetero) is 1. The van der Waals surface area contributed by atoms with Crippen molar-refractivity contribution in [3.63, 3.8) is 0 Å². The predicted octanol–water partition coefficient (Wildman–Crippen LogP) is 4.32.